The van der Waals surface area contributed by atoms with E-state index >= 15 is 0 Å². The fourth-order valence-electron chi connectivity index (χ4n) is 4.02. The number of carbonyl (C=O) groups is 1. The first kappa shape index (κ1) is 19.4. The molecule has 3 aromatic rings. The molecule has 29 heavy (non-hydrogen) atoms. The SMILES string of the molecule is Cc1cc(C)n(-c2cccc(CN3CCCn4nc(CCC(=O)O)cc4C3)c2)n1. The van der Waals surface area contributed by atoms with E-state index in [4.69, 9.17) is 5.11 Å². The molecule has 1 N–H and O–H groups in total. The number of aryl methyl sites for hydroxylation is 4. The van der Waals surface area contributed by atoms with Crippen molar-refractivity contribution in [2.24, 2.45) is 0 Å². The monoisotopic (exact) mass is 393 g/mol. The van der Waals surface area contributed by atoms with Gasteiger partial charge in [0.2, 0.25) is 0 Å². The highest BCUT2D eigenvalue weighted by atomic mass is 16.4. The van der Waals surface area contributed by atoms with Crippen molar-refractivity contribution in [2.75, 3.05) is 6.54 Å². The van der Waals surface area contributed by atoms with Crippen LogP contribution in [-0.2, 0) is 30.8 Å². The summed E-state index contributed by atoms with van der Waals surface area (Å²) in [6.45, 7) is 7.67. The minimum atomic E-state index is -0.780. The highest BCUT2D eigenvalue weighted by Crippen LogP contribution is 2.19. The van der Waals surface area contributed by atoms with Gasteiger partial charge in [-0.25, -0.2) is 4.68 Å². The molecule has 7 heteroatoms. The van der Waals surface area contributed by atoms with Gasteiger partial charge in [-0.05, 0) is 50.1 Å². The van der Waals surface area contributed by atoms with E-state index in [0.29, 0.717) is 6.42 Å². The first-order valence-electron chi connectivity index (χ1n) is 10.1. The molecule has 0 bridgehead atoms. The van der Waals surface area contributed by atoms with Gasteiger partial charge in [0.1, 0.15) is 0 Å². The highest BCUT2D eigenvalue weighted by molar-refractivity contribution is 5.66. The normalized spacial score (nSPS) is 14.6. The molecule has 0 radical (unpaired) electrons. The van der Waals surface area contributed by atoms with Gasteiger partial charge >= 0.3 is 5.97 Å². The summed E-state index contributed by atoms with van der Waals surface area (Å²) in [5.41, 5.74) is 6.53. The van der Waals surface area contributed by atoms with Crippen molar-refractivity contribution in [3.63, 3.8) is 0 Å². The summed E-state index contributed by atoms with van der Waals surface area (Å²) in [5.74, 6) is -0.780. The van der Waals surface area contributed by atoms with E-state index in [1.54, 1.807) is 0 Å². The third-order valence-corrected chi connectivity index (χ3v) is 5.31. The second-order valence-electron chi connectivity index (χ2n) is 7.82. The van der Waals surface area contributed by atoms with Gasteiger partial charge in [0.15, 0.2) is 0 Å². The van der Waals surface area contributed by atoms with Crippen LogP contribution in [0.15, 0.2) is 36.4 Å². The van der Waals surface area contributed by atoms with Gasteiger partial charge in [-0.1, -0.05) is 12.1 Å². The fourth-order valence-corrected chi connectivity index (χ4v) is 4.02. The molecule has 0 spiro atoms. The zero-order valence-electron chi connectivity index (χ0n) is 17.0. The number of nitrogens with zero attached hydrogens (tertiary/aromatic N) is 5. The van der Waals surface area contributed by atoms with Gasteiger partial charge in [-0.15, -0.1) is 0 Å². The molecule has 152 valence electrons. The second kappa shape index (κ2) is 8.21. The van der Waals surface area contributed by atoms with Crippen LogP contribution in [0.3, 0.4) is 0 Å². The Balaban J connectivity index is 1.48. The Kier molecular flexibility index (Phi) is 5.49. The van der Waals surface area contributed by atoms with Crippen LogP contribution >= 0.6 is 0 Å². The van der Waals surface area contributed by atoms with Crippen LogP contribution in [0.1, 0.15) is 41.2 Å². The summed E-state index contributed by atoms with van der Waals surface area (Å²) < 4.78 is 4.04. The van der Waals surface area contributed by atoms with Crippen molar-refractivity contribution >= 4 is 5.97 Å². The standard InChI is InChI=1S/C22H27N5O2/c1-16-11-17(2)27(23-16)20-6-3-5-18(12-20)14-25-9-4-10-26-21(15-25)13-19(24-26)7-8-22(28)29/h3,5-6,11-13H,4,7-10,14-15H2,1-2H3,(H,28,29). The van der Waals surface area contributed by atoms with E-state index < -0.39 is 5.97 Å². The molecule has 3 heterocycles. The number of benzene rings is 1. The van der Waals surface area contributed by atoms with Crippen molar-refractivity contribution in [2.45, 2.75) is 52.7 Å². The highest BCUT2D eigenvalue weighted by Gasteiger charge is 2.17. The lowest BCUT2D eigenvalue weighted by molar-refractivity contribution is -0.136. The van der Waals surface area contributed by atoms with Gasteiger partial charge in [-0.3, -0.25) is 14.4 Å². The predicted octanol–water partition coefficient (Wildman–Crippen LogP) is 3.11. The summed E-state index contributed by atoms with van der Waals surface area (Å²) in [4.78, 5) is 13.3. The first-order chi connectivity index (χ1) is 14.0. The van der Waals surface area contributed by atoms with Gasteiger partial charge in [-0.2, -0.15) is 10.2 Å². The van der Waals surface area contributed by atoms with Crippen LogP contribution in [0.5, 0.6) is 0 Å². The largest absolute Gasteiger partial charge is 0.481 e. The maximum Gasteiger partial charge on any atom is 0.303 e. The Bertz CT molecular complexity index is 1020. The number of hydrogen-bond acceptors (Lipinski definition) is 4. The minimum absolute atomic E-state index is 0.124. The van der Waals surface area contributed by atoms with Crippen molar-refractivity contribution in [1.29, 1.82) is 0 Å². The molecular weight excluding hydrogens is 366 g/mol. The van der Waals surface area contributed by atoms with E-state index in [2.05, 4.69) is 58.4 Å². The van der Waals surface area contributed by atoms with Crippen molar-refractivity contribution in [3.05, 3.63) is 64.7 Å². The summed E-state index contributed by atoms with van der Waals surface area (Å²) in [7, 11) is 0. The Morgan fingerprint density at radius 2 is 2.00 bits per heavy atom. The first-order valence-corrected chi connectivity index (χ1v) is 10.1. The van der Waals surface area contributed by atoms with Crippen LogP contribution in [0.25, 0.3) is 5.69 Å². The zero-order chi connectivity index (χ0) is 20.4. The Hall–Kier alpha value is -2.93. The number of aliphatic carboxylic acids is 1. The summed E-state index contributed by atoms with van der Waals surface area (Å²) in [6, 6.07) is 12.7. The quantitative estimate of drug-likeness (QED) is 0.696. The van der Waals surface area contributed by atoms with Gasteiger partial charge in [0.25, 0.3) is 0 Å². The minimum Gasteiger partial charge on any atom is -0.481 e. The molecule has 0 atom stereocenters. The molecule has 0 unspecified atom stereocenters. The topological polar surface area (TPSA) is 76.2 Å². The Morgan fingerprint density at radius 1 is 1.14 bits per heavy atom. The van der Waals surface area contributed by atoms with Gasteiger partial charge < -0.3 is 5.11 Å². The molecule has 0 saturated carbocycles. The van der Waals surface area contributed by atoms with E-state index in [0.717, 1.165) is 61.1 Å². The van der Waals surface area contributed by atoms with Crippen LogP contribution in [0.4, 0.5) is 0 Å². The number of aromatic nitrogens is 4. The third-order valence-electron chi connectivity index (χ3n) is 5.31. The van der Waals surface area contributed by atoms with Crippen LogP contribution < -0.4 is 0 Å². The van der Waals surface area contributed by atoms with E-state index in [-0.39, 0.29) is 6.42 Å². The van der Waals surface area contributed by atoms with Gasteiger partial charge in [0, 0.05) is 38.3 Å². The number of rotatable bonds is 6. The maximum absolute atomic E-state index is 10.8. The smallest absolute Gasteiger partial charge is 0.303 e. The lowest BCUT2D eigenvalue weighted by Crippen LogP contribution is -2.22. The van der Waals surface area contributed by atoms with Crippen molar-refractivity contribution < 1.29 is 9.90 Å². The molecule has 1 aromatic carbocycles. The van der Waals surface area contributed by atoms with Crippen molar-refractivity contribution in [3.8, 4) is 5.69 Å². The molecule has 0 saturated heterocycles. The van der Waals surface area contributed by atoms with Crippen molar-refractivity contribution in [1.82, 2.24) is 24.5 Å². The average Bonchev–Trinajstić information content (AvgIpc) is 3.16. The van der Waals surface area contributed by atoms with E-state index in [9.17, 15) is 4.79 Å². The molecule has 2 aromatic heterocycles. The molecule has 7 nitrogen and oxygen atoms in total. The third kappa shape index (κ3) is 4.56. The van der Waals surface area contributed by atoms with E-state index in [1.807, 2.05) is 16.3 Å². The lowest BCUT2D eigenvalue weighted by atomic mass is 10.1. The molecule has 1 aliphatic rings. The lowest BCUT2D eigenvalue weighted by Gasteiger charge is -2.20. The zero-order valence-corrected chi connectivity index (χ0v) is 17.0. The molecule has 0 fully saturated rings. The number of fused-ring (bicyclic) bond motifs is 1. The Labute approximate surface area is 170 Å². The van der Waals surface area contributed by atoms with E-state index in [1.165, 1.54) is 5.56 Å². The summed E-state index contributed by atoms with van der Waals surface area (Å²) >= 11 is 0. The molecule has 1 aliphatic heterocycles. The maximum atomic E-state index is 10.8. The Morgan fingerprint density at radius 3 is 2.76 bits per heavy atom. The number of hydrogen-bond donors (Lipinski definition) is 1. The molecular formula is C22H27N5O2. The molecule has 0 amide bonds. The average molecular weight is 393 g/mol. The summed E-state index contributed by atoms with van der Waals surface area (Å²) in [5, 5.41) is 18.1. The van der Waals surface area contributed by atoms with Gasteiger partial charge in [0.05, 0.1) is 29.2 Å². The second-order valence-corrected chi connectivity index (χ2v) is 7.82. The van der Waals surface area contributed by atoms with Crippen LogP contribution in [0, 0.1) is 13.8 Å². The van der Waals surface area contributed by atoms with Crippen LogP contribution in [-0.4, -0.2) is 42.1 Å². The molecule has 0 aliphatic carbocycles. The number of carboxylic acids is 1. The predicted molar refractivity (Wildman–Crippen MR) is 110 cm³/mol. The number of carboxylic acid groups (broad SMARTS) is 1. The summed E-state index contributed by atoms with van der Waals surface area (Å²) in [6.07, 6.45) is 1.64. The fraction of sp³-hybridized carbons (Fsp3) is 0.409. The molecule has 4 rings (SSSR count). The van der Waals surface area contributed by atoms with Crippen LogP contribution in [0.2, 0.25) is 0 Å².